The molecule has 1 N–H and O–H groups in total. The zero-order valence-electron chi connectivity index (χ0n) is 21.2. The highest BCUT2D eigenvalue weighted by Gasteiger charge is 2.16. The third-order valence-electron chi connectivity index (χ3n) is 6.58. The average molecular weight is 412 g/mol. The van der Waals surface area contributed by atoms with Crippen molar-refractivity contribution in [2.75, 3.05) is 13.2 Å². The van der Waals surface area contributed by atoms with E-state index < -0.39 is 0 Å². The van der Waals surface area contributed by atoms with Crippen LogP contribution in [0, 0.1) is 11.8 Å². The van der Waals surface area contributed by atoms with Crippen molar-refractivity contribution in [3.8, 4) is 0 Å². The minimum Gasteiger partial charge on any atom is -0.377 e. The molecular weight excluding hydrogens is 354 g/mol. The van der Waals surface area contributed by atoms with E-state index in [0.717, 1.165) is 25.0 Å². The van der Waals surface area contributed by atoms with E-state index in [-0.39, 0.29) is 0 Å². The first kappa shape index (κ1) is 28.9. The predicted octanol–water partition coefficient (Wildman–Crippen LogP) is 8.53. The Kier molecular flexibility index (Phi) is 21.1. The summed E-state index contributed by atoms with van der Waals surface area (Å²) in [7, 11) is 0. The summed E-state index contributed by atoms with van der Waals surface area (Å²) in [5, 5.41) is 3.79. The Bertz CT molecular complexity index is 320. The van der Waals surface area contributed by atoms with Crippen molar-refractivity contribution in [2.45, 2.75) is 150 Å². The highest BCUT2D eigenvalue weighted by atomic mass is 16.5. The van der Waals surface area contributed by atoms with E-state index in [1.54, 1.807) is 0 Å². The first-order valence-corrected chi connectivity index (χ1v) is 13.4. The molecule has 0 aromatic heterocycles. The number of unbranched alkanes of at least 4 members (excludes halogenated alkanes) is 4. The lowest BCUT2D eigenvalue weighted by Crippen LogP contribution is -2.36. The van der Waals surface area contributed by atoms with E-state index in [1.807, 2.05) is 0 Å². The Balaban J connectivity index is 4.06. The van der Waals surface area contributed by atoms with Gasteiger partial charge in [0.25, 0.3) is 0 Å². The molecule has 0 aliphatic heterocycles. The third-order valence-corrected chi connectivity index (χ3v) is 6.58. The Morgan fingerprint density at radius 3 is 1.97 bits per heavy atom. The van der Waals surface area contributed by atoms with Crippen LogP contribution in [-0.4, -0.2) is 25.3 Å². The SMILES string of the molecule is CCCCCCCC(CCC)OCCNC(C)C(CCC)CCCC(C)CCC. The van der Waals surface area contributed by atoms with Crippen molar-refractivity contribution in [3.63, 3.8) is 0 Å². The van der Waals surface area contributed by atoms with E-state index >= 15 is 0 Å². The molecule has 0 aliphatic rings. The fraction of sp³-hybridized carbons (Fsp3) is 1.00. The van der Waals surface area contributed by atoms with Gasteiger partial charge >= 0.3 is 0 Å². The summed E-state index contributed by atoms with van der Waals surface area (Å²) >= 11 is 0. The summed E-state index contributed by atoms with van der Waals surface area (Å²) in [4.78, 5) is 0. The lowest BCUT2D eigenvalue weighted by atomic mass is 9.88. The van der Waals surface area contributed by atoms with Gasteiger partial charge in [0.15, 0.2) is 0 Å². The maximum absolute atomic E-state index is 6.26. The monoisotopic (exact) mass is 411 g/mol. The van der Waals surface area contributed by atoms with Gasteiger partial charge < -0.3 is 10.1 Å². The molecule has 0 saturated carbocycles. The van der Waals surface area contributed by atoms with Crippen LogP contribution in [0.1, 0.15) is 138 Å². The van der Waals surface area contributed by atoms with Crippen LogP contribution < -0.4 is 5.32 Å². The van der Waals surface area contributed by atoms with Crippen LogP contribution >= 0.6 is 0 Å². The lowest BCUT2D eigenvalue weighted by Gasteiger charge is -2.26. The van der Waals surface area contributed by atoms with Crippen molar-refractivity contribution >= 4 is 0 Å². The molecule has 4 atom stereocenters. The second-order valence-electron chi connectivity index (χ2n) is 9.60. The van der Waals surface area contributed by atoms with E-state index in [0.29, 0.717) is 12.1 Å². The average Bonchev–Trinajstić information content (AvgIpc) is 2.70. The maximum atomic E-state index is 6.26. The molecule has 0 bridgehead atoms. The van der Waals surface area contributed by atoms with Crippen LogP contribution in [0.5, 0.6) is 0 Å². The topological polar surface area (TPSA) is 21.3 Å². The second kappa shape index (κ2) is 21.2. The first-order valence-electron chi connectivity index (χ1n) is 13.4. The zero-order valence-corrected chi connectivity index (χ0v) is 21.2. The van der Waals surface area contributed by atoms with Crippen LogP contribution in [-0.2, 0) is 4.74 Å². The van der Waals surface area contributed by atoms with Crippen molar-refractivity contribution in [1.29, 1.82) is 0 Å². The molecule has 0 aromatic carbocycles. The first-order chi connectivity index (χ1) is 14.1. The molecular formula is C27H57NO. The highest BCUT2D eigenvalue weighted by Crippen LogP contribution is 2.22. The van der Waals surface area contributed by atoms with E-state index in [1.165, 1.54) is 96.3 Å². The Morgan fingerprint density at radius 2 is 1.31 bits per heavy atom. The molecule has 0 aromatic rings. The number of hydrogen-bond donors (Lipinski definition) is 1. The summed E-state index contributed by atoms with van der Waals surface area (Å²) in [6.07, 6.45) is 20.6. The summed E-state index contributed by atoms with van der Waals surface area (Å²) in [5.41, 5.74) is 0. The van der Waals surface area contributed by atoms with Crippen molar-refractivity contribution in [1.82, 2.24) is 5.32 Å². The lowest BCUT2D eigenvalue weighted by molar-refractivity contribution is 0.0395. The van der Waals surface area contributed by atoms with Gasteiger partial charge in [-0.25, -0.2) is 0 Å². The molecule has 2 heteroatoms. The van der Waals surface area contributed by atoms with Gasteiger partial charge in [0.05, 0.1) is 12.7 Å². The van der Waals surface area contributed by atoms with Crippen LogP contribution in [0.4, 0.5) is 0 Å². The van der Waals surface area contributed by atoms with Gasteiger partial charge in [-0.1, -0.05) is 105 Å². The standard InChI is InChI=1S/C27H57NO/c1-7-11-12-13-14-21-27(18-10-4)29-23-22-28-25(6)26(17-9-3)20-15-19-24(5)16-8-2/h24-28H,7-23H2,1-6H3. The van der Waals surface area contributed by atoms with Crippen molar-refractivity contribution in [3.05, 3.63) is 0 Å². The van der Waals surface area contributed by atoms with Gasteiger partial charge in [-0.05, 0) is 44.4 Å². The van der Waals surface area contributed by atoms with Gasteiger partial charge in [-0.15, -0.1) is 0 Å². The van der Waals surface area contributed by atoms with Gasteiger partial charge in [0.1, 0.15) is 0 Å². The minimum absolute atomic E-state index is 0.477. The van der Waals surface area contributed by atoms with Crippen molar-refractivity contribution in [2.24, 2.45) is 11.8 Å². The number of hydrogen-bond acceptors (Lipinski definition) is 2. The molecule has 0 rings (SSSR count). The maximum Gasteiger partial charge on any atom is 0.0594 e. The number of ether oxygens (including phenoxy) is 1. The quantitative estimate of drug-likeness (QED) is 0.180. The summed E-state index contributed by atoms with van der Waals surface area (Å²) < 4.78 is 6.26. The summed E-state index contributed by atoms with van der Waals surface area (Å²) in [6.45, 7) is 15.9. The summed E-state index contributed by atoms with van der Waals surface area (Å²) in [5.74, 6) is 1.72. The van der Waals surface area contributed by atoms with Crippen LogP contribution in [0.2, 0.25) is 0 Å². The van der Waals surface area contributed by atoms with E-state index in [9.17, 15) is 0 Å². The molecule has 0 aliphatic carbocycles. The van der Waals surface area contributed by atoms with E-state index in [2.05, 4.69) is 46.9 Å². The largest absolute Gasteiger partial charge is 0.377 e. The normalized spacial score (nSPS) is 15.9. The fourth-order valence-corrected chi connectivity index (χ4v) is 4.67. The molecule has 2 nitrogen and oxygen atoms in total. The van der Waals surface area contributed by atoms with Gasteiger partial charge in [0, 0.05) is 12.6 Å². The smallest absolute Gasteiger partial charge is 0.0594 e. The Hall–Kier alpha value is -0.0800. The van der Waals surface area contributed by atoms with Gasteiger partial charge in [-0.2, -0.15) is 0 Å². The molecule has 0 radical (unpaired) electrons. The second-order valence-corrected chi connectivity index (χ2v) is 9.60. The molecule has 0 heterocycles. The molecule has 0 spiro atoms. The highest BCUT2D eigenvalue weighted by molar-refractivity contribution is 4.73. The van der Waals surface area contributed by atoms with Crippen LogP contribution in [0.15, 0.2) is 0 Å². The van der Waals surface area contributed by atoms with E-state index in [4.69, 9.17) is 4.74 Å². The summed E-state index contributed by atoms with van der Waals surface area (Å²) in [6, 6.07) is 0.610. The minimum atomic E-state index is 0.477. The Morgan fingerprint density at radius 1 is 0.621 bits per heavy atom. The fourth-order valence-electron chi connectivity index (χ4n) is 4.67. The van der Waals surface area contributed by atoms with Gasteiger partial charge in [0.2, 0.25) is 0 Å². The molecule has 0 saturated heterocycles. The third kappa shape index (κ3) is 17.3. The molecule has 0 fully saturated rings. The predicted molar refractivity (Wildman–Crippen MR) is 132 cm³/mol. The molecule has 0 amide bonds. The molecule has 4 unspecified atom stereocenters. The zero-order chi connectivity index (χ0) is 21.7. The van der Waals surface area contributed by atoms with Gasteiger partial charge in [-0.3, -0.25) is 0 Å². The van der Waals surface area contributed by atoms with Crippen molar-refractivity contribution < 1.29 is 4.74 Å². The van der Waals surface area contributed by atoms with Crippen LogP contribution in [0.25, 0.3) is 0 Å². The molecule has 29 heavy (non-hydrogen) atoms. The number of rotatable bonds is 22. The molecule has 176 valence electrons. The number of nitrogens with one attached hydrogen (secondary N) is 1. The Labute approximate surface area is 185 Å². The van der Waals surface area contributed by atoms with Crippen LogP contribution in [0.3, 0.4) is 0 Å².